The van der Waals surface area contributed by atoms with Crippen molar-refractivity contribution >= 4 is 13.6 Å². The molecule has 1 unspecified atom stereocenters. The van der Waals surface area contributed by atoms with Crippen LogP contribution < -0.4 is 0 Å². The first-order valence-corrected chi connectivity index (χ1v) is 9.33. The van der Waals surface area contributed by atoms with Crippen molar-refractivity contribution in [2.45, 2.75) is 52.6 Å². The summed E-state index contributed by atoms with van der Waals surface area (Å²) in [5.41, 5.74) is 0. The van der Waals surface area contributed by atoms with Gasteiger partial charge in [0.15, 0.2) is 5.78 Å². The Morgan fingerprint density at radius 1 is 1.22 bits per heavy atom. The maximum absolute atomic E-state index is 13.2. The van der Waals surface area contributed by atoms with E-state index in [0.29, 0.717) is 6.61 Å². The van der Waals surface area contributed by atoms with Crippen LogP contribution in [0.15, 0.2) is 36.7 Å². The maximum atomic E-state index is 13.2. The zero-order valence-electron chi connectivity index (χ0n) is 14.3. The van der Waals surface area contributed by atoms with E-state index in [2.05, 4.69) is 0 Å². The summed E-state index contributed by atoms with van der Waals surface area (Å²) in [4.78, 5) is 13.1. The molecular formula is C16H26NO5P. The molecule has 23 heavy (non-hydrogen) atoms. The molecule has 0 radical (unpaired) electrons. The Labute approximate surface area is 138 Å². The third-order valence-corrected chi connectivity index (χ3v) is 5.18. The van der Waals surface area contributed by atoms with E-state index in [1.54, 1.807) is 63.9 Å². The Balaban J connectivity index is 3.02. The standard InChI is InChI=1S/C16H26NO5P/c1-6-20-16(18)10-12-17-11-8-7-9-15(17)23(19,21-13(2)3)22-14(4)5/h7-15H,6H2,1-5H3/b12-10+. The van der Waals surface area contributed by atoms with Crippen molar-refractivity contribution in [3.63, 3.8) is 0 Å². The molecule has 0 N–H and O–H groups in total. The highest BCUT2D eigenvalue weighted by atomic mass is 31.2. The average Bonchev–Trinajstić information content (AvgIpc) is 2.44. The summed E-state index contributed by atoms with van der Waals surface area (Å²) in [7, 11) is -3.45. The minimum Gasteiger partial charge on any atom is -0.463 e. The topological polar surface area (TPSA) is 65.1 Å². The van der Waals surface area contributed by atoms with E-state index in [-0.39, 0.29) is 12.2 Å². The molecule has 130 valence electrons. The fourth-order valence-corrected chi connectivity index (χ4v) is 4.25. The van der Waals surface area contributed by atoms with Crippen LogP contribution in [0.25, 0.3) is 0 Å². The summed E-state index contributed by atoms with van der Waals surface area (Å²) in [5.74, 6) is -1.10. The third kappa shape index (κ3) is 6.34. The van der Waals surface area contributed by atoms with Gasteiger partial charge < -0.3 is 18.7 Å². The predicted octanol–water partition coefficient (Wildman–Crippen LogP) is 3.82. The Bertz CT molecular complexity index is 511. The van der Waals surface area contributed by atoms with Crippen molar-refractivity contribution in [1.29, 1.82) is 0 Å². The number of nitrogens with zero attached hydrogens (tertiary/aromatic N) is 1. The molecule has 1 atom stereocenters. The average molecular weight is 343 g/mol. The molecule has 0 spiro atoms. The molecule has 1 rings (SSSR count). The first-order chi connectivity index (χ1) is 10.8. The number of esters is 1. The van der Waals surface area contributed by atoms with Gasteiger partial charge in [0.2, 0.25) is 0 Å². The van der Waals surface area contributed by atoms with Gasteiger partial charge in [-0.1, -0.05) is 6.08 Å². The van der Waals surface area contributed by atoms with Crippen molar-refractivity contribution < 1.29 is 23.1 Å². The zero-order valence-corrected chi connectivity index (χ0v) is 15.2. The summed E-state index contributed by atoms with van der Waals surface area (Å²) in [5, 5.41) is 0. The van der Waals surface area contributed by atoms with Gasteiger partial charge in [-0.25, -0.2) is 4.79 Å². The molecular weight excluding hydrogens is 317 g/mol. The first kappa shape index (κ1) is 19.7. The van der Waals surface area contributed by atoms with Gasteiger partial charge in [-0.05, 0) is 46.8 Å². The van der Waals surface area contributed by atoms with Crippen LogP contribution in [0, 0.1) is 0 Å². The van der Waals surface area contributed by atoms with Crippen molar-refractivity contribution in [2.24, 2.45) is 0 Å². The molecule has 1 aliphatic rings. The molecule has 0 aromatic carbocycles. The smallest absolute Gasteiger partial charge is 0.357 e. The van der Waals surface area contributed by atoms with Gasteiger partial charge in [0.25, 0.3) is 0 Å². The highest BCUT2D eigenvalue weighted by Gasteiger charge is 2.39. The van der Waals surface area contributed by atoms with Gasteiger partial charge in [-0.2, -0.15) is 0 Å². The van der Waals surface area contributed by atoms with E-state index in [1.807, 2.05) is 0 Å². The van der Waals surface area contributed by atoms with Crippen LogP contribution in [0.4, 0.5) is 0 Å². The zero-order chi connectivity index (χ0) is 17.5. The summed E-state index contributed by atoms with van der Waals surface area (Å²) in [6.45, 7) is 9.25. The first-order valence-electron chi connectivity index (χ1n) is 7.72. The summed E-state index contributed by atoms with van der Waals surface area (Å²) >= 11 is 0. The molecule has 0 bridgehead atoms. The highest BCUT2D eigenvalue weighted by molar-refractivity contribution is 7.54. The minimum atomic E-state index is -3.45. The molecule has 7 heteroatoms. The third-order valence-electron chi connectivity index (χ3n) is 2.67. The second-order valence-corrected chi connectivity index (χ2v) is 7.53. The van der Waals surface area contributed by atoms with E-state index < -0.39 is 19.3 Å². The van der Waals surface area contributed by atoms with Crippen molar-refractivity contribution in [3.8, 4) is 0 Å². The van der Waals surface area contributed by atoms with Crippen LogP contribution in [-0.2, 0) is 23.1 Å². The van der Waals surface area contributed by atoms with Crippen LogP contribution in [0.5, 0.6) is 0 Å². The van der Waals surface area contributed by atoms with Crippen molar-refractivity contribution in [1.82, 2.24) is 4.90 Å². The largest absolute Gasteiger partial charge is 0.463 e. The van der Waals surface area contributed by atoms with Crippen LogP contribution in [0.1, 0.15) is 34.6 Å². The molecule has 0 aliphatic carbocycles. The Morgan fingerprint density at radius 3 is 2.35 bits per heavy atom. The molecule has 1 heterocycles. The van der Waals surface area contributed by atoms with E-state index in [9.17, 15) is 9.36 Å². The fraction of sp³-hybridized carbons (Fsp3) is 0.562. The lowest BCUT2D eigenvalue weighted by atomic mass is 10.3. The van der Waals surface area contributed by atoms with Gasteiger partial charge in [-0.3, -0.25) is 4.57 Å². The number of ether oxygens (including phenoxy) is 1. The number of allylic oxidation sites excluding steroid dienone is 2. The van der Waals surface area contributed by atoms with E-state index in [0.717, 1.165) is 0 Å². The van der Waals surface area contributed by atoms with Gasteiger partial charge in [0.1, 0.15) is 0 Å². The number of carbonyl (C=O) groups excluding carboxylic acids is 1. The SMILES string of the molecule is CCOC(=O)/C=C/N1C=CC=CC1P(=O)(OC(C)C)OC(C)C. The predicted molar refractivity (Wildman–Crippen MR) is 89.7 cm³/mol. The molecule has 0 amide bonds. The highest BCUT2D eigenvalue weighted by Crippen LogP contribution is 2.57. The molecule has 6 nitrogen and oxygen atoms in total. The number of carbonyl (C=O) groups is 1. The number of rotatable bonds is 8. The quantitative estimate of drug-likeness (QED) is 0.379. The molecule has 1 aliphatic heterocycles. The van der Waals surface area contributed by atoms with Crippen LogP contribution in [0.2, 0.25) is 0 Å². The summed E-state index contributed by atoms with van der Waals surface area (Å²) < 4.78 is 29.4. The maximum Gasteiger partial charge on any atom is 0.357 e. The van der Waals surface area contributed by atoms with Gasteiger partial charge in [-0.15, -0.1) is 0 Å². The van der Waals surface area contributed by atoms with Crippen molar-refractivity contribution in [2.75, 3.05) is 6.61 Å². The van der Waals surface area contributed by atoms with E-state index in [4.69, 9.17) is 13.8 Å². The molecule has 0 saturated carbocycles. The van der Waals surface area contributed by atoms with Crippen LogP contribution >= 0.6 is 7.60 Å². The second-order valence-electron chi connectivity index (χ2n) is 5.50. The van der Waals surface area contributed by atoms with Crippen LogP contribution in [-0.4, -0.2) is 35.5 Å². The van der Waals surface area contributed by atoms with Crippen LogP contribution in [0.3, 0.4) is 0 Å². The monoisotopic (exact) mass is 343 g/mol. The van der Waals surface area contributed by atoms with E-state index in [1.165, 1.54) is 12.3 Å². The lowest BCUT2D eigenvalue weighted by Crippen LogP contribution is -2.29. The number of hydrogen-bond donors (Lipinski definition) is 0. The fourth-order valence-electron chi connectivity index (χ4n) is 1.98. The number of hydrogen-bond acceptors (Lipinski definition) is 6. The second kappa shape index (κ2) is 9.06. The Morgan fingerprint density at radius 2 is 1.83 bits per heavy atom. The lowest BCUT2D eigenvalue weighted by Gasteiger charge is -2.34. The summed E-state index contributed by atoms with van der Waals surface area (Å²) in [6, 6.07) is 0. The Hall–Kier alpha value is -1.36. The van der Waals surface area contributed by atoms with Crippen molar-refractivity contribution in [3.05, 3.63) is 36.7 Å². The van der Waals surface area contributed by atoms with Gasteiger partial charge in [0.05, 0.1) is 18.8 Å². The lowest BCUT2D eigenvalue weighted by molar-refractivity contribution is -0.137. The van der Waals surface area contributed by atoms with E-state index >= 15 is 0 Å². The van der Waals surface area contributed by atoms with Gasteiger partial charge >= 0.3 is 13.6 Å². The normalized spacial score (nSPS) is 18.4. The Kier molecular flexibility index (Phi) is 7.76. The van der Waals surface area contributed by atoms with Gasteiger partial charge in [0, 0.05) is 18.5 Å². The summed E-state index contributed by atoms with van der Waals surface area (Å²) in [6.07, 6.45) is 9.30. The molecule has 0 aromatic rings. The molecule has 0 aromatic heterocycles. The minimum absolute atomic E-state index is 0.255. The molecule has 0 fully saturated rings. The molecule has 0 saturated heterocycles.